The maximum atomic E-state index is 12.5. The number of ether oxygens (including phenoxy) is 3. The largest absolute Gasteiger partial charge is 0.497 e. The topological polar surface area (TPSA) is 86.9 Å². The van der Waals surface area contributed by atoms with Crippen LogP contribution in [0.4, 0.5) is 0 Å². The number of hydrogen-bond donors (Lipinski definition) is 0. The number of carbonyl (C=O) groups excluding carboxylic acids is 1. The van der Waals surface area contributed by atoms with E-state index in [1.165, 1.54) is 0 Å². The summed E-state index contributed by atoms with van der Waals surface area (Å²) in [4.78, 5) is 14.0. The Bertz CT molecular complexity index is 969. The van der Waals surface area contributed by atoms with Crippen LogP contribution in [0.3, 0.4) is 0 Å². The standard InChI is InChI=1S/C21H23N3O5/c1-24(20(25)11-14-5-8-16(26-2)9-6-14)13-19-22-23-21(29-19)15-7-10-17(27-3)18(12-15)28-4/h5-10,12H,11,13H2,1-4H3. The molecule has 0 fully saturated rings. The molecule has 2 aromatic carbocycles. The fourth-order valence-electron chi connectivity index (χ4n) is 2.75. The molecule has 152 valence electrons. The average molecular weight is 397 g/mol. The van der Waals surface area contributed by atoms with Crippen molar-refractivity contribution in [2.45, 2.75) is 13.0 Å². The summed E-state index contributed by atoms with van der Waals surface area (Å²) in [5, 5.41) is 8.11. The van der Waals surface area contributed by atoms with Gasteiger partial charge in [0.05, 0.1) is 34.3 Å². The van der Waals surface area contributed by atoms with Crippen molar-refractivity contribution < 1.29 is 23.4 Å². The van der Waals surface area contributed by atoms with Crippen molar-refractivity contribution in [3.8, 4) is 28.7 Å². The van der Waals surface area contributed by atoms with Gasteiger partial charge in [-0.1, -0.05) is 12.1 Å². The van der Waals surface area contributed by atoms with Crippen LogP contribution in [0.2, 0.25) is 0 Å². The molecule has 0 atom stereocenters. The molecule has 0 aliphatic rings. The summed E-state index contributed by atoms with van der Waals surface area (Å²) in [6.07, 6.45) is 0.275. The summed E-state index contributed by atoms with van der Waals surface area (Å²) < 4.78 is 21.4. The molecule has 0 bridgehead atoms. The molecule has 8 nitrogen and oxygen atoms in total. The smallest absolute Gasteiger partial charge is 0.247 e. The summed E-state index contributed by atoms with van der Waals surface area (Å²) in [6.45, 7) is 0.218. The predicted octanol–water partition coefficient (Wildman–Crippen LogP) is 2.96. The summed E-state index contributed by atoms with van der Waals surface area (Å²) in [5.74, 6) is 2.57. The molecule has 0 spiro atoms. The van der Waals surface area contributed by atoms with Crippen LogP contribution < -0.4 is 14.2 Å². The summed E-state index contributed by atoms with van der Waals surface area (Å²) in [5.41, 5.74) is 1.60. The second-order valence-corrected chi connectivity index (χ2v) is 6.35. The molecule has 1 aromatic heterocycles. The zero-order chi connectivity index (χ0) is 20.8. The number of hydrogen-bond acceptors (Lipinski definition) is 7. The molecule has 1 amide bonds. The summed E-state index contributed by atoms with van der Waals surface area (Å²) in [7, 11) is 6.44. The van der Waals surface area contributed by atoms with Gasteiger partial charge in [-0.2, -0.15) is 0 Å². The number of rotatable bonds is 8. The Balaban J connectivity index is 1.65. The normalized spacial score (nSPS) is 10.5. The lowest BCUT2D eigenvalue weighted by atomic mass is 10.1. The van der Waals surface area contributed by atoms with Crippen molar-refractivity contribution in [1.29, 1.82) is 0 Å². The fourth-order valence-corrected chi connectivity index (χ4v) is 2.75. The lowest BCUT2D eigenvalue weighted by Gasteiger charge is -2.15. The first-order valence-corrected chi connectivity index (χ1v) is 8.95. The SMILES string of the molecule is COc1ccc(CC(=O)N(C)Cc2nnc(-c3ccc(OC)c(OC)c3)o2)cc1. The van der Waals surface area contributed by atoms with E-state index in [0.717, 1.165) is 11.3 Å². The summed E-state index contributed by atoms with van der Waals surface area (Å²) in [6, 6.07) is 12.7. The number of likely N-dealkylation sites (N-methyl/N-ethyl adjacent to an activating group) is 1. The second kappa shape index (κ2) is 9.09. The van der Waals surface area contributed by atoms with Gasteiger partial charge in [0.15, 0.2) is 11.5 Å². The Labute approximate surface area is 169 Å². The van der Waals surface area contributed by atoms with Crippen molar-refractivity contribution in [3.63, 3.8) is 0 Å². The van der Waals surface area contributed by atoms with Crippen molar-refractivity contribution in [2.75, 3.05) is 28.4 Å². The number of methoxy groups -OCH3 is 3. The van der Waals surface area contributed by atoms with Gasteiger partial charge >= 0.3 is 0 Å². The minimum Gasteiger partial charge on any atom is -0.497 e. The van der Waals surface area contributed by atoms with E-state index in [4.69, 9.17) is 18.6 Å². The minimum absolute atomic E-state index is 0.0546. The Morgan fingerprint density at radius 3 is 2.34 bits per heavy atom. The maximum Gasteiger partial charge on any atom is 0.247 e. The van der Waals surface area contributed by atoms with E-state index >= 15 is 0 Å². The maximum absolute atomic E-state index is 12.5. The molecule has 0 unspecified atom stereocenters. The molecule has 0 aliphatic heterocycles. The average Bonchev–Trinajstić information content (AvgIpc) is 3.22. The highest BCUT2D eigenvalue weighted by molar-refractivity contribution is 5.78. The molecular formula is C21H23N3O5. The molecule has 3 aromatic rings. The van der Waals surface area contributed by atoms with Crippen LogP contribution in [0.25, 0.3) is 11.5 Å². The zero-order valence-corrected chi connectivity index (χ0v) is 16.8. The Morgan fingerprint density at radius 2 is 1.69 bits per heavy atom. The highest BCUT2D eigenvalue weighted by atomic mass is 16.5. The van der Waals surface area contributed by atoms with Crippen molar-refractivity contribution in [3.05, 3.63) is 53.9 Å². The van der Waals surface area contributed by atoms with Crippen LogP contribution in [0.15, 0.2) is 46.9 Å². The van der Waals surface area contributed by atoms with E-state index in [1.807, 2.05) is 24.3 Å². The first-order valence-electron chi connectivity index (χ1n) is 8.95. The second-order valence-electron chi connectivity index (χ2n) is 6.35. The van der Waals surface area contributed by atoms with Gasteiger partial charge in [-0.15, -0.1) is 10.2 Å². The highest BCUT2D eigenvalue weighted by Gasteiger charge is 2.16. The third-order valence-corrected chi connectivity index (χ3v) is 4.41. The van der Waals surface area contributed by atoms with Gasteiger partial charge in [0.1, 0.15) is 5.75 Å². The predicted molar refractivity (Wildman–Crippen MR) is 106 cm³/mol. The zero-order valence-electron chi connectivity index (χ0n) is 16.8. The fraction of sp³-hybridized carbons (Fsp3) is 0.286. The van der Waals surface area contributed by atoms with Crippen LogP contribution >= 0.6 is 0 Å². The molecule has 29 heavy (non-hydrogen) atoms. The lowest BCUT2D eigenvalue weighted by Crippen LogP contribution is -2.27. The molecule has 8 heteroatoms. The monoisotopic (exact) mass is 397 g/mol. The first kappa shape index (κ1) is 20.2. The van der Waals surface area contributed by atoms with Gasteiger partial charge in [0.25, 0.3) is 0 Å². The lowest BCUT2D eigenvalue weighted by molar-refractivity contribution is -0.130. The van der Waals surface area contributed by atoms with Crippen molar-refractivity contribution >= 4 is 5.91 Å². The van der Waals surface area contributed by atoms with Crippen LogP contribution in [-0.4, -0.2) is 49.4 Å². The number of nitrogens with zero attached hydrogens (tertiary/aromatic N) is 3. The Kier molecular flexibility index (Phi) is 6.33. The van der Waals surface area contributed by atoms with E-state index in [9.17, 15) is 4.79 Å². The molecule has 0 aliphatic carbocycles. The molecule has 0 N–H and O–H groups in total. The van der Waals surface area contributed by atoms with Gasteiger partial charge in [-0.3, -0.25) is 4.79 Å². The van der Waals surface area contributed by atoms with E-state index in [1.54, 1.807) is 51.5 Å². The number of carbonyl (C=O) groups is 1. The summed E-state index contributed by atoms with van der Waals surface area (Å²) >= 11 is 0. The van der Waals surface area contributed by atoms with Crippen LogP contribution in [0.1, 0.15) is 11.5 Å². The van der Waals surface area contributed by atoms with Crippen LogP contribution in [0.5, 0.6) is 17.2 Å². The minimum atomic E-state index is -0.0546. The van der Waals surface area contributed by atoms with Gasteiger partial charge in [0.2, 0.25) is 17.7 Å². The van der Waals surface area contributed by atoms with E-state index < -0.39 is 0 Å². The third-order valence-electron chi connectivity index (χ3n) is 4.41. The van der Waals surface area contributed by atoms with E-state index in [0.29, 0.717) is 28.8 Å². The number of amides is 1. The van der Waals surface area contributed by atoms with Crippen molar-refractivity contribution in [1.82, 2.24) is 15.1 Å². The van der Waals surface area contributed by atoms with Gasteiger partial charge in [-0.25, -0.2) is 0 Å². The van der Waals surface area contributed by atoms with Crippen molar-refractivity contribution in [2.24, 2.45) is 0 Å². The Morgan fingerprint density at radius 1 is 0.966 bits per heavy atom. The molecule has 0 saturated carbocycles. The quantitative estimate of drug-likeness (QED) is 0.577. The molecule has 0 radical (unpaired) electrons. The molecule has 0 saturated heterocycles. The number of benzene rings is 2. The molecular weight excluding hydrogens is 374 g/mol. The Hall–Kier alpha value is -3.55. The van der Waals surface area contributed by atoms with Gasteiger partial charge < -0.3 is 23.5 Å². The van der Waals surface area contributed by atoms with Gasteiger partial charge in [-0.05, 0) is 35.9 Å². The molecule has 1 heterocycles. The van der Waals surface area contributed by atoms with Crippen LogP contribution in [-0.2, 0) is 17.8 Å². The third kappa shape index (κ3) is 4.84. The first-order chi connectivity index (χ1) is 14.0. The highest BCUT2D eigenvalue weighted by Crippen LogP contribution is 2.31. The van der Waals surface area contributed by atoms with E-state index in [2.05, 4.69) is 10.2 Å². The van der Waals surface area contributed by atoms with Gasteiger partial charge in [0, 0.05) is 12.6 Å². The molecule has 3 rings (SSSR count). The van der Waals surface area contributed by atoms with Crippen LogP contribution in [0, 0.1) is 0 Å². The number of aromatic nitrogens is 2. The van der Waals surface area contributed by atoms with E-state index in [-0.39, 0.29) is 18.9 Å².